The second-order valence-corrected chi connectivity index (χ2v) is 5.55. The van der Waals surface area contributed by atoms with Crippen molar-refractivity contribution in [3.63, 3.8) is 0 Å². The fourth-order valence-corrected chi connectivity index (χ4v) is 2.76. The summed E-state index contributed by atoms with van der Waals surface area (Å²) in [5.74, 6) is 0.176. The number of hydrogen-bond donors (Lipinski definition) is 3. The summed E-state index contributed by atoms with van der Waals surface area (Å²) in [6.45, 7) is 3.77. The van der Waals surface area contributed by atoms with Crippen molar-refractivity contribution in [3.8, 4) is 0 Å². The fourth-order valence-electron chi connectivity index (χ4n) is 2.76. The van der Waals surface area contributed by atoms with Crippen LogP contribution in [0.2, 0.25) is 0 Å². The van der Waals surface area contributed by atoms with E-state index in [-0.39, 0.29) is 17.9 Å². The minimum atomic E-state index is 0.0611. The second kappa shape index (κ2) is 7.41. The molecule has 2 rings (SSSR count). The molecule has 0 spiro atoms. The van der Waals surface area contributed by atoms with Crippen LogP contribution < -0.4 is 16.4 Å². The Kier molecular flexibility index (Phi) is 5.56. The quantitative estimate of drug-likeness (QED) is 0.772. The fraction of sp³-hybridized carbons (Fsp3) is 0.562. The predicted molar refractivity (Wildman–Crippen MR) is 82.4 cm³/mol. The first-order chi connectivity index (χ1) is 9.70. The topological polar surface area (TPSA) is 67.1 Å². The Morgan fingerprint density at radius 3 is 2.90 bits per heavy atom. The van der Waals surface area contributed by atoms with Crippen LogP contribution >= 0.6 is 0 Å². The van der Waals surface area contributed by atoms with Crippen molar-refractivity contribution < 1.29 is 4.79 Å². The average molecular weight is 275 g/mol. The van der Waals surface area contributed by atoms with Gasteiger partial charge in [0.05, 0.1) is 0 Å². The SMILES string of the molecule is CCNCc1ccccc1NC(=O)C1CCCC(N)C1. The highest BCUT2D eigenvalue weighted by atomic mass is 16.1. The van der Waals surface area contributed by atoms with Gasteiger partial charge in [-0.15, -0.1) is 0 Å². The molecule has 4 N–H and O–H groups in total. The molecule has 1 aromatic rings. The summed E-state index contributed by atoms with van der Waals surface area (Å²) in [6.07, 6.45) is 3.86. The van der Waals surface area contributed by atoms with Crippen LogP contribution in [0, 0.1) is 5.92 Å². The number of rotatable bonds is 5. The number of nitrogens with one attached hydrogen (secondary N) is 2. The molecule has 1 aromatic carbocycles. The van der Waals surface area contributed by atoms with Crippen LogP contribution in [0.15, 0.2) is 24.3 Å². The molecule has 0 aliphatic heterocycles. The van der Waals surface area contributed by atoms with Crippen LogP contribution in [0.3, 0.4) is 0 Å². The van der Waals surface area contributed by atoms with E-state index in [9.17, 15) is 4.79 Å². The molecular formula is C16H25N3O. The van der Waals surface area contributed by atoms with Crippen molar-refractivity contribution in [2.75, 3.05) is 11.9 Å². The highest BCUT2D eigenvalue weighted by Crippen LogP contribution is 2.25. The molecule has 0 heterocycles. The Morgan fingerprint density at radius 1 is 1.35 bits per heavy atom. The van der Waals surface area contributed by atoms with Gasteiger partial charge in [-0.1, -0.05) is 31.5 Å². The molecule has 0 radical (unpaired) electrons. The maximum atomic E-state index is 12.4. The van der Waals surface area contributed by atoms with Crippen LogP contribution in [0.25, 0.3) is 0 Å². The minimum absolute atomic E-state index is 0.0611. The molecule has 0 saturated heterocycles. The van der Waals surface area contributed by atoms with E-state index in [1.807, 2.05) is 24.3 Å². The van der Waals surface area contributed by atoms with Gasteiger partial charge in [-0.3, -0.25) is 4.79 Å². The van der Waals surface area contributed by atoms with Crippen molar-refractivity contribution in [1.29, 1.82) is 0 Å². The van der Waals surface area contributed by atoms with Gasteiger partial charge in [0.1, 0.15) is 0 Å². The maximum Gasteiger partial charge on any atom is 0.227 e. The third-order valence-corrected chi connectivity index (χ3v) is 3.93. The van der Waals surface area contributed by atoms with Crippen LogP contribution in [0.4, 0.5) is 5.69 Å². The van der Waals surface area contributed by atoms with Crippen molar-refractivity contribution in [2.24, 2.45) is 11.7 Å². The van der Waals surface area contributed by atoms with E-state index in [0.717, 1.165) is 50.0 Å². The normalized spacial score (nSPS) is 22.5. The number of carbonyl (C=O) groups excluding carboxylic acids is 1. The summed E-state index contributed by atoms with van der Waals surface area (Å²) < 4.78 is 0. The molecule has 1 fully saturated rings. The van der Waals surface area contributed by atoms with E-state index in [2.05, 4.69) is 17.6 Å². The first-order valence-corrected chi connectivity index (χ1v) is 7.55. The Morgan fingerprint density at radius 2 is 2.15 bits per heavy atom. The van der Waals surface area contributed by atoms with Crippen molar-refractivity contribution in [1.82, 2.24) is 5.32 Å². The standard InChI is InChI=1S/C16H25N3O/c1-2-18-11-13-6-3-4-9-15(13)19-16(20)12-7-5-8-14(17)10-12/h3-4,6,9,12,14,18H,2,5,7-8,10-11,17H2,1H3,(H,19,20). The highest BCUT2D eigenvalue weighted by molar-refractivity contribution is 5.93. The van der Waals surface area contributed by atoms with E-state index in [0.29, 0.717) is 0 Å². The number of hydrogen-bond acceptors (Lipinski definition) is 3. The summed E-state index contributed by atoms with van der Waals surface area (Å²) in [4.78, 5) is 12.4. The molecule has 110 valence electrons. The summed E-state index contributed by atoms with van der Waals surface area (Å²) in [5.41, 5.74) is 8.00. The van der Waals surface area contributed by atoms with Gasteiger partial charge in [0, 0.05) is 24.2 Å². The molecule has 0 bridgehead atoms. The average Bonchev–Trinajstić information content (AvgIpc) is 2.46. The molecule has 4 nitrogen and oxygen atoms in total. The predicted octanol–water partition coefficient (Wildman–Crippen LogP) is 2.25. The Hall–Kier alpha value is -1.39. The Labute approximate surface area is 121 Å². The smallest absolute Gasteiger partial charge is 0.227 e. The van der Waals surface area contributed by atoms with Crippen LogP contribution in [0.1, 0.15) is 38.2 Å². The molecule has 4 heteroatoms. The Bertz CT molecular complexity index is 447. The summed E-state index contributed by atoms with van der Waals surface area (Å²) in [7, 11) is 0. The van der Waals surface area contributed by atoms with Gasteiger partial charge in [-0.25, -0.2) is 0 Å². The maximum absolute atomic E-state index is 12.4. The molecule has 1 amide bonds. The zero-order chi connectivity index (χ0) is 14.4. The molecule has 2 unspecified atom stereocenters. The lowest BCUT2D eigenvalue weighted by Gasteiger charge is -2.26. The van der Waals surface area contributed by atoms with E-state index in [4.69, 9.17) is 5.73 Å². The van der Waals surface area contributed by atoms with Crippen molar-refractivity contribution in [2.45, 2.75) is 45.2 Å². The van der Waals surface area contributed by atoms with Gasteiger partial charge in [-0.05, 0) is 37.4 Å². The van der Waals surface area contributed by atoms with Gasteiger partial charge in [-0.2, -0.15) is 0 Å². The van der Waals surface area contributed by atoms with Crippen molar-refractivity contribution >= 4 is 11.6 Å². The third kappa shape index (κ3) is 4.05. The molecule has 2 atom stereocenters. The zero-order valence-corrected chi connectivity index (χ0v) is 12.2. The van der Waals surface area contributed by atoms with Gasteiger partial charge < -0.3 is 16.4 Å². The number of para-hydroxylation sites is 1. The molecule has 20 heavy (non-hydrogen) atoms. The van der Waals surface area contributed by atoms with E-state index < -0.39 is 0 Å². The van der Waals surface area contributed by atoms with Gasteiger partial charge in [0.15, 0.2) is 0 Å². The summed E-state index contributed by atoms with van der Waals surface area (Å²) >= 11 is 0. The molecule has 0 aromatic heterocycles. The summed E-state index contributed by atoms with van der Waals surface area (Å²) in [6, 6.07) is 8.14. The van der Waals surface area contributed by atoms with Gasteiger partial charge in [0.25, 0.3) is 0 Å². The minimum Gasteiger partial charge on any atom is -0.328 e. The number of carbonyl (C=O) groups is 1. The first kappa shape index (κ1) is 15.0. The Balaban J connectivity index is 1.99. The zero-order valence-electron chi connectivity index (χ0n) is 12.2. The highest BCUT2D eigenvalue weighted by Gasteiger charge is 2.25. The number of amides is 1. The second-order valence-electron chi connectivity index (χ2n) is 5.55. The number of nitrogens with two attached hydrogens (primary N) is 1. The largest absolute Gasteiger partial charge is 0.328 e. The first-order valence-electron chi connectivity index (χ1n) is 7.55. The van der Waals surface area contributed by atoms with Crippen molar-refractivity contribution in [3.05, 3.63) is 29.8 Å². The van der Waals surface area contributed by atoms with Crippen LogP contribution in [0.5, 0.6) is 0 Å². The lowest BCUT2D eigenvalue weighted by Crippen LogP contribution is -2.34. The van der Waals surface area contributed by atoms with Gasteiger partial charge >= 0.3 is 0 Å². The molecule has 1 saturated carbocycles. The monoisotopic (exact) mass is 275 g/mol. The van der Waals surface area contributed by atoms with Crippen LogP contribution in [-0.4, -0.2) is 18.5 Å². The molecule has 1 aliphatic carbocycles. The number of benzene rings is 1. The third-order valence-electron chi connectivity index (χ3n) is 3.93. The van der Waals surface area contributed by atoms with Crippen LogP contribution in [-0.2, 0) is 11.3 Å². The molecular weight excluding hydrogens is 250 g/mol. The van der Waals surface area contributed by atoms with E-state index in [1.54, 1.807) is 0 Å². The van der Waals surface area contributed by atoms with E-state index >= 15 is 0 Å². The molecule has 1 aliphatic rings. The van der Waals surface area contributed by atoms with E-state index in [1.165, 1.54) is 0 Å². The number of anilines is 1. The lowest BCUT2D eigenvalue weighted by atomic mass is 9.85. The lowest BCUT2D eigenvalue weighted by molar-refractivity contribution is -0.120. The van der Waals surface area contributed by atoms with Gasteiger partial charge in [0.2, 0.25) is 5.91 Å². The summed E-state index contributed by atoms with van der Waals surface area (Å²) in [5, 5.41) is 6.37.